The van der Waals surface area contributed by atoms with E-state index in [4.69, 9.17) is 9.15 Å². The predicted molar refractivity (Wildman–Crippen MR) is 126 cm³/mol. The third kappa shape index (κ3) is 4.00. The SMILES string of the molecule is CCc1ccc2oc(-c3cccc(N=Cc4c(O)c(OC)cc(Br)c4Br)c3)nc2c1. The minimum atomic E-state index is 0.0122. The molecule has 30 heavy (non-hydrogen) atoms. The number of fused-ring (bicyclic) bond motifs is 1. The van der Waals surface area contributed by atoms with Crippen LogP contribution in [0.4, 0.5) is 5.69 Å². The molecule has 1 N–H and O–H groups in total. The van der Waals surface area contributed by atoms with Gasteiger partial charge in [-0.2, -0.15) is 0 Å². The van der Waals surface area contributed by atoms with Crippen LogP contribution in [-0.2, 0) is 6.42 Å². The first-order valence-electron chi connectivity index (χ1n) is 9.29. The lowest BCUT2D eigenvalue weighted by Gasteiger charge is -2.09. The number of aliphatic imine (C=N–C) groups is 1. The van der Waals surface area contributed by atoms with Crippen LogP contribution in [0.25, 0.3) is 22.6 Å². The van der Waals surface area contributed by atoms with Crippen molar-refractivity contribution in [1.29, 1.82) is 0 Å². The van der Waals surface area contributed by atoms with E-state index in [1.165, 1.54) is 12.7 Å². The molecule has 0 saturated heterocycles. The molecule has 0 aliphatic rings. The van der Waals surface area contributed by atoms with Crippen molar-refractivity contribution in [2.45, 2.75) is 13.3 Å². The van der Waals surface area contributed by atoms with Gasteiger partial charge in [0.15, 0.2) is 17.1 Å². The van der Waals surface area contributed by atoms with Gasteiger partial charge in [0.2, 0.25) is 5.89 Å². The zero-order valence-electron chi connectivity index (χ0n) is 16.3. The summed E-state index contributed by atoms with van der Waals surface area (Å²) in [5.74, 6) is 0.916. The number of benzene rings is 3. The first-order chi connectivity index (χ1) is 14.5. The number of nitrogens with zero attached hydrogens (tertiary/aromatic N) is 2. The fourth-order valence-corrected chi connectivity index (χ4v) is 3.89. The maximum Gasteiger partial charge on any atom is 0.227 e. The highest BCUT2D eigenvalue weighted by Gasteiger charge is 2.14. The van der Waals surface area contributed by atoms with E-state index in [9.17, 15) is 5.11 Å². The van der Waals surface area contributed by atoms with Crippen LogP contribution < -0.4 is 4.74 Å². The van der Waals surface area contributed by atoms with E-state index in [-0.39, 0.29) is 5.75 Å². The maximum absolute atomic E-state index is 10.4. The fraction of sp³-hybridized carbons (Fsp3) is 0.130. The lowest BCUT2D eigenvalue weighted by Crippen LogP contribution is -1.91. The van der Waals surface area contributed by atoms with E-state index in [2.05, 4.69) is 54.8 Å². The summed E-state index contributed by atoms with van der Waals surface area (Å²) in [5, 5.41) is 10.4. The highest BCUT2D eigenvalue weighted by molar-refractivity contribution is 9.13. The molecule has 4 aromatic rings. The number of hydrogen-bond acceptors (Lipinski definition) is 5. The van der Waals surface area contributed by atoms with Crippen LogP contribution in [0.5, 0.6) is 11.5 Å². The second-order valence-electron chi connectivity index (χ2n) is 6.62. The van der Waals surface area contributed by atoms with Gasteiger partial charge in [-0.15, -0.1) is 0 Å². The summed E-state index contributed by atoms with van der Waals surface area (Å²) in [6.07, 6.45) is 2.54. The minimum absolute atomic E-state index is 0.0122. The third-order valence-electron chi connectivity index (χ3n) is 4.71. The Bertz CT molecular complexity index is 1270. The van der Waals surface area contributed by atoms with Crippen LogP contribution in [0, 0.1) is 0 Å². The molecule has 7 heteroatoms. The minimum Gasteiger partial charge on any atom is -0.504 e. The molecule has 0 bridgehead atoms. The van der Waals surface area contributed by atoms with Gasteiger partial charge in [-0.3, -0.25) is 4.99 Å². The van der Waals surface area contributed by atoms with E-state index in [0.29, 0.717) is 27.4 Å². The van der Waals surface area contributed by atoms with E-state index in [0.717, 1.165) is 27.6 Å². The van der Waals surface area contributed by atoms with Gasteiger partial charge in [0.1, 0.15) is 5.52 Å². The Labute approximate surface area is 190 Å². The predicted octanol–water partition coefficient (Wildman–Crippen LogP) is 7.05. The number of aromatic nitrogens is 1. The van der Waals surface area contributed by atoms with Gasteiger partial charge in [0.05, 0.1) is 18.4 Å². The van der Waals surface area contributed by atoms with E-state index >= 15 is 0 Å². The lowest BCUT2D eigenvalue weighted by molar-refractivity contribution is 0.372. The molecule has 0 unspecified atom stereocenters. The Morgan fingerprint density at radius 1 is 1.17 bits per heavy atom. The topological polar surface area (TPSA) is 67.9 Å². The molecule has 1 aromatic heterocycles. The Balaban J connectivity index is 1.69. The summed E-state index contributed by atoms with van der Waals surface area (Å²) < 4.78 is 12.6. The number of ether oxygens (including phenoxy) is 1. The van der Waals surface area contributed by atoms with E-state index in [1.807, 2.05) is 36.4 Å². The van der Waals surface area contributed by atoms with Crippen molar-refractivity contribution in [2.24, 2.45) is 4.99 Å². The number of aryl methyl sites for hydroxylation is 1. The van der Waals surface area contributed by atoms with Gasteiger partial charge in [-0.25, -0.2) is 4.98 Å². The molecule has 0 radical (unpaired) electrons. The van der Waals surface area contributed by atoms with Gasteiger partial charge in [-0.1, -0.05) is 19.1 Å². The third-order valence-corrected chi connectivity index (χ3v) is 6.72. The molecule has 152 valence electrons. The molecule has 1 heterocycles. The van der Waals surface area contributed by atoms with Gasteiger partial charge in [-0.05, 0) is 80.2 Å². The maximum atomic E-state index is 10.4. The molecule has 5 nitrogen and oxygen atoms in total. The molecule has 0 saturated carbocycles. The first kappa shape index (κ1) is 20.6. The number of phenolic OH excluding ortho intramolecular Hbond substituents is 1. The van der Waals surface area contributed by atoms with Crippen molar-refractivity contribution in [2.75, 3.05) is 7.11 Å². The molecule has 4 rings (SSSR count). The Morgan fingerprint density at radius 3 is 2.77 bits per heavy atom. The van der Waals surface area contributed by atoms with Crippen LogP contribution >= 0.6 is 31.9 Å². The van der Waals surface area contributed by atoms with Crippen molar-refractivity contribution in [3.63, 3.8) is 0 Å². The van der Waals surface area contributed by atoms with Gasteiger partial charge >= 0.3 is 0 Å². The Kier molecular flexibility index (Phi) is 5.92. The largest absolute Gasteiger partial charge is 0.504 e. The zero-order chi connectivity index (χ0) is 21.3. The summed E-state index contributed by atoms with van der Waals surface area (Å²) in [7, 11) is 1.50. The molecule has 0 atom stereocenters. The number of aromatic hydroxyl groups is 1. The number of hydrogen-bond donors (Lipinski definition) is 1. The molecule has 3 aromatic carbocycles. The second kappa shape index (κ2) is 8.62. The molecule has 0 aliphatic carbocycles. The normalized spacial score (nSPS) is 11.5. The summed E-state index contributed by atoms with van der Waals surface area (Å²) in [6, 6.07) is 15.3. The van der Waals surface area contributed by atoms with Crippen LogP contribution in [0.2, 0.25) is 0 Å². The first-order valence-corrected chi connectivity index (χ1v) is 10.9. The van der Waals surface area contributed by atoms with Crippen molar-refractivity contribution in [3.8, 4) is 23.0 Å². The van der Waals surface area contributed by atoms with Crippen molar-refractivity contribution < 1.29 is 14.3 Å². The summed E-state index contributed by atoms with van der Waals surface area (Å²) in [5.41, 5.74) is 4.86. The summed E-state index contributed by atoms with van der Waals surface area (Å²) in [6.45, 7) is 2.11. The van der Waals surface area contributed by atoms with Crippen molar-refractivity contribution >= 4 is 54.9 Å². The summed E-state index contributed by atoms with van der Waals surface area (Å²) in [4.78, 5) is 9.15. The molecular formula is C23H18Br2N2O3. The van der Waals surface area contributed by atoms with Crippen LogP contribution in [0.15, 0.2) is 66.9 Å². The van der Waals surface area contributed by atoms with Gasteiger partial charge in [0.25, 0.3) is 0 Å². The average molecular weight is 530 g/mol. The number of halogens is 2. The highest BCUT2D eigenvalue weighted by Crippen LogP contribution is 2.39. The highest BCUT2D eigenvalue weighted by atomic mass is 79.9. The zero-order valence-corrected chi connectivity index (χ0v) is 19.5. The Morgan fingerprint density at radius 2 is 2.00 bits per heavy atom. The number of rotatable bonds is 5. The number of methoxy groups -OCH3 is 1. The molecular weight excluding hydrogens is 512 g/mol. The monoisotopic (exact) mass is 528 g/mol. The van der Waals surface area contributed by atoms with Crippen molar-refractivity contribution in [1.82, 2.24) is 4.98 Å². The van der Waals surface area contributed by atoms with E-state index in [1.54, 1.807) is 12.3 Å². The second-order valence-corrected chi connectivity index (χ2v) is 8.27. The fourth-order valence-electron chi connectivity index (χ4n) is 3.06. The van der Waals surface area contributed by atoms with E-state index < -0.39 is 0 Å². The average Bonchev–Trinajstić information content (AvgIpc) is 3.19. The molecule has 0 aliphatic heterocycles. The lowest BCUT2D eigenvalue weighted by atomic mass is 10.1. The molecule has 0 amide bonds. The number of phenols is 1. The smallest absolute Gasteiger partial charge is 0.227 e. The Hall–Kier alpha value is -2.64. The summed E-state index contributed by atoms with van der Waals surface area (Å²) >= 11 is 6.92. The molecule has 0 spiro atoms. The van der Waals surface area contributed by atoms with Crippen LogP contribution in [-0.4, -0.2) is 23.4 Å². The van der Waals surface area contributed by atoms with Gasteiger partial charge < -0.3 is 14.3 Å². The van der Waals surface area contributed by atoms with Crippen LogP contribution in [0.3, 0.4) is 0 Å². The van der Waals surface area contributed by atoms with Crippen molar-refractivity contribution in [3.05, 3.63) is 68.6 Å². The molecule has 0 fully saturated rings. The van der Waals surface area contributed by atoms with Gasteiger partial charge in [0, 0.05) is 20.7 Å². The quantitative estimate of drug-likeness (QED) is 0.281. The van der Waals surface area contributed by atoms with Crippen LogP contribution in [0.1, 0.15) is 18.1 Å². The number of oxazole rings is 1. The standard InChI is InChI=1S/C23H18Br2N2O3/c1-3-13-7-8-19-18(9-13)27-23(30-19)14-5-4-6-15(10-14)26-12-16-21(25)17(24)11-20(29-2)22(16)28/h4-12,28H,3H2,1-2H3.